The maximum absolute atomic E-state index is 5.81. The molecule has 2 rings (SSSR count). The van der Waals surface area contributed by atoms with Gasteiger partial charge in [-0.2, -0.15) is 0 Å². The number of anilines is 1. The van der Waals surface area contributed by atoms with Gasteiger partial charge in [0.15, 0.2) is 0 Å². The first-order valence-corrected chi connectivity index (χ1v) is 7.77. The Hall–Kier alpha value is -1.13. The number of nitrogens with zero attached hydrogens (tertiary/aromatic N) is 1. The minimum atomic E-state index is 0.464. The minimum absolute atomic E-state index is 0.464. The van der Waals surface area contributed by atoms with Gasteiger partial charge in [0.2, 0.25) is 0 Å². The lowest BCUT2D eigenvalue weighted by Gasteiger charge is -2.21. The van der Waals surface area contributed by atoms with E-state index in [2.05, 4.69) is 37.1 Å². The Labute approximate surface area is 127 Å². The van der Waals surface area contributed by atoms with Gasteiger partial charge in [0, 0.05) is 30.4 Å². The average molecular weight is 291 g/mol. The van der Waals surface area contributed by atoms with Gasteiger partial charge in [0.1, 0.15) is 4.99 Å². The van der Waals surface area contributed by atoms with E-state index in [1.54, 1.807) is 0 Å². The number of benzene rings is 1. The molecule has 0 saturated carbocycles. The van der Waals surface area contributed by atoms with Crippen LogP contribution in [0.1, 0.15) is 31.4 Å². The van der Waals surface area contributed by atoms with Crippen LogP contribution in [0.5, 0.6) is 0 Å². The number of thiocarbonyl (C=S) groups is 1. The maximum Gasteiger partial charge on any atom is 0.106 e. The molecule has 1 unspecified atom stereocenters. The summed E-state index contributed by atoms with van der Waals surface area (Å²) in [5.41, 5.74) is 9.07. The Morgan fingerprint density at radius 3 is 2.85 bits per heavy atom. The molecule has 1 fully saturated rings. The van der Waals surface area contributed by atoms with Crippen LogP contribution in [-0.2, 0) is 0 Å². The van der Waals surface area contributed by atoms with Crippen molar-refractivity contribution < 1.29 is 0 Å². The highest BCUT2D eigenvalue weighted by molar-refractivity contribution is 7.80. The smallest absolute Gasteiger partial charge is 0.106 e. The molecule has 4 heteroatoms. The van der Waals surface area contributed by atoms with E-state index in [9.17, 15) is 0 Å². The zero-order chi connectivity index (χ0) is 14.7. The van der Waals surface area contributed by atoms with Crippen molar-refractivity contribution in [1.29, 1.82) is 0 Å². The third-order valence-electron chi connectivity index (χ3n) is 4.15. The quantitative estimate of drug-likeness (QED) is 0.819. The molecule has 1 aliphatic rings. The molecule has 20 heavy (non-hydrogen) atoms. The molecular formula is C16H25N3S. The fourth-order valence-corrected chi connectivity index (χ4v) is 3.02. The van der Waals surface area contributed by atoms with Crippen LogP contribution in [-0.4, -0.2) is 35.6 Å². The zero-order valence-electron chi connectivity index (χ0n) is 12.6. The molecule has 1 heterocycles. The number of nitrogens with one attached hydrogen (secondary N) is 1. The second kappa shape index (κ2) is 6.55. The van der Waals surface area contributed by atoms with E-state index >= 15 is 0 Å². The van der Waals surface area contributed by atoms with Gasteiger partial charge in [-0.15, -0.1) is 0 Å². The van der Waals surface area contributed by atoms with E-state index in [0.29, 0.717) is 16.9 Å². The van der Waals surface area contributed by atoms with Crippen LogP contribution in [0.2, 0.25) is 0 Å². The average Bonchev–Trinajstić information content (AvgIpc) is 2.86. The fourth-order valence-electron chi connectivity index (χ4n) is 2.85. The number of nitrogens with two attached hydrogens (primary N) is 1. The van der Waals surface area contributed by atoms with Gasteiger partial charge in [0.05, 0.1) is 0 Å². The summed E-state index contributed by atoms with van der Waals surface area (Å²) in [4.78, 5) is 3.00. The normalized spacial score (nSPS) is 19.5. The van der Waals surface area contributed by atoms with Gasteiger partial charge in [-0.1, -0.05) is 24.4 Å². The van der Waals surface area contributed by atoms with Crippen LogP contribution in [0, 0.1) is 12.8 Å². The molecule has 110 valence electrons. The van der Waals surface area contributed by atoms with Crippen LogP contribution in [0.15, 0.2) is 18.2 Å². The molecular weight excluding hydrogens is 266 g/mol. The van der Waals surface area contributed by atoms with Crippen molar-refractivity contribution in [3.8, 4) is 0 Å². The third-order valence-corrected chi connectivity index (χ3v) is 4.37. The molecule has 1 saturated heterocycles. The summed E-state index contributed by atoms with van der Waals surface area (Å²) < 4.78 is 0. The van der Waals surface area contributed by atoms with E-state index in [0.717, 1.165) is 17.8 Å². The van der Waals surface area contributed by atoms with E-state index < -0.39 is 0 Å². The Morgan fingerprint density at radius 1 is 1.50 bits per heavy atom. The van der Waals surface area contributed by atoms with Gasteiger partial charge in [-0.05, 0) is 51.3 Å². The second-order valence-electron chi connectivity index (χ2n) is 5.99. The van der Waals surface area contributed by atoms with Crippen molar-refractivity contribution in [1.82, 2.24) is 4.90 Å². The van der Waals surface area contributed by atoms with Gasteiger partial charge in [-0.25, -0.2) is 0 Å². The Kier molecular flexibility index (Phi) is 5.00. The highest BCUT2D eigenvalue weighted by Gasteiger charge is 2.24. The predicted molar refractivity (Wildman–Crippen MR) is 90.4 cm³/mol. The Balaban J connectivity index is 2.00. The number of hydrogen-bond acceptors (Lipinski definition) is 3. The van der Waals surface area contributed by atoms with Crippen LogP contribution in [0.4, 0.5) is 5.69 Å². The molecule has 0 aliphatic carbocycles. The van der Waals surface area contributed by atoms with Gasteiger partial charge < -0.3 is 16.0 Å². The maximum atomic E-state index is 5.81. The van der Waals surface area contributed by atoms with Crippen molar-refractivity contribution in [2.45, 2.75) is 33.2 Å². The van der Waals surface area contributed by atoms with Gasteiger partial charge in [0.25, 0.3) is 0 Å². The molecule has 0 spiro atoms. The molecule has 1 aliphatic heterocycles. The monoisotopic (exact) mass is 291 g/mol. The first kappa shape index (κ1) is 15.3. The third kappa shape index (κ3) is 3.49. The molecule has 0 aromatic heterocycles. The number of rotatable bonds is 5. The van der Waals surface area contributed by atoms with Crippen molar-refractivity contribution in [3.05, 3.63) is 29.3 Å². The van der Waals surface area contributed by atoms with Crippen LogP contribution < -0.4 is 11.1 Å². The first-order chi connectivity index (χ1) is 9.49. The summed E-state index contributed by atoms with van der Waals surface area (Å²) in [5, 5.41) is 3.57. The number of likely N-dealkylation sites (tertiary alicyclic amines) is 1. The lowest BCUT2D eigenvalue weighted by molar-refractivity contribution is 0.266. The lowest BCUT2D eigenvalue weighted by atomic mass is 10.1. The van der Waals surface area contributed by atoms with E-state index in [1.165, 1.54) is 25.1 Å². The van der Waals surface area contributed by atoms with E-state index in [-0.39, 0.29) is 0 Å². The molecule has 0 bridgehead atoms. The highest BCUT2D eigenvalue weighted by Crippen LogP contribution is 2.23. The fraction of sp³-hybridized carbons (Fsp3) is 0.562. The summed E-state index contributed by atoms with van der Waals surface area (Å²) in [6.07, 6.45) is 1.26. The number of aryl methyl sites for hydroxylation is 1. The Bertz CT molecular complexity index is 485. The molecule has 1 atom stereocenters. The highest BCUT2D eigenvalue weighted by atomic mass is 32.1. The van der Waals surface area contributed by atoms with E-state index in [4.69, 9.17) is 18.0 Å². The van der Waals surface area contributed by atoms with Crippen molar-refractivity contribution in [2.75, 3.05) is 25.0 Å². The van der Waals surface area contributed by atoms with E-state index in [1.807, 2.05) is 12.1 Å². The summed E-state index contributed by atoms with van der Waals surface area (Å²) in [7, 11) is 0. The standard InChI is InChI=1S/C16H25N3S/c1-11(2)19-8-7-13(10-19)9-18-15-12(3)5-4-6-14(15)16(17)20/h4-6,11,13,18H,7-10H2,1-3H3,(H2,17,20). The van der Waals surface area contributed by atoms with Crippen LogP contribution in [0.3, 0.4) is 0 Å². The second-order valence-corrected chi connectivity index (χ2v) is 6.43. The lowest BCUT2D eigenvalue weighted by Crippen LogP contribution is -2.29. The largest absolute Gasteiger partial charge is 0.389 e. The predicted octanol–water partition coefficient (Wildman–Crippen LogP) is 2.77. The topological polar surface area (TPSA) is 41.3 Å². The zero-order valence-corrected chi connectivity index (χ0v) is 13.5. The molecule has 1 aromatic rings. The summed E-state index contributed by atoms with van der Waals surface area (Å²) in [6, 6.07) is 6.74. The summed E-state index contributed by atoms with van der Waals surface area (Å²) >= 11 is 5.14. The van der Waals surface area contributed by atoms with Crippen LogP contribution in [0.25, 0.3) is 0 Å². The molecule has 3 nitrogen and oxygen atoms in total. The molecule has 0 amide bonds. The van der Waals surface area contributed by atoms with Gasteiger partial charge >= 0.3 is 0 Å². The molecule has 0 radical (unpaired) electrons. The number of hydrogen-bond donors (Lipinski definition) is 2. The first-order valence-electron chi connectivity index (χ1n) is 7.36. The molecule has 3 N–H and O–H groups in total. The molecule has 1 aromatic carbocycles. The Morgan fingerprint density at radius 2 is 2.25 bits per heavy atom. The van der Waals surface area contributed by atoms with Crippen molar-refractivity contribution in [2.24, 2.45) is 11.7 Å². The summed E-state index contributed by atoms with van der Waals surface area (Å²) in [5.74, 6) is 0.705. The van der Waals surface area contributed by atoms with Crippen molar-refractivity contribution in [3.63, 3.8) is 0 Å². The minimum Gasteiger partial charge on any atom is -0.389 e. The van der Waals surface area contributed by atoms with Crippen LogP contribution >= 0.6 is 12.2 Å². The van der Waals surface area contributed by atoms with Crippen molar-refractivity contribution >= 4 is 22.9 Å². The number of para-hydroxylation sites is 1. The van der Waals surface area contributed by atoms with Gasteiger partial charge in [-0.3, -0.25) is 0 Å². The summed E-state index contributed by atoms with van der Waals surface area (Å²) in [6.45, 7) is 10.0. The SMILES string of the molecule is Cc1cccc(C(N)=S)c1NCC1CCN(C(C)C)C1.